The van der Waals surface area contributed by atoms with Crippen molar-refractivity contribution in [1.82, 2.24) is 15.0 Å². The summed E-state index contributed by atoms with van der Waals surface area (Å²) in [5, 5.41) is 3.06. The first kappa shape index (κ1) is 14.0. The van der Waals surface area contributed by atoms with Gasteiger partial charge < -0.3 is 15.8 Å². The largest absolute Gasteiger partial charge is 0.491 e. The minimum atomic E-state index is -0.292. The average molecular weight is 277 g/mol. The maximum atomic E-state index is 12.7. The lowest BCUT2D eigenvalue weighted by atomic mass is 10.3. The summed E-state index contributed by atoms with van der Waals surface area (Å²) < 4.78 is 18.3. The summed E-state index contributed by atoms with van der Waals surface area (Å²) in [4.78, 5) is 12.0. The van der Waals surface area contributed by atoms with Crippen LogP contribution in [0.15, 0.2) is 24.3 Å². The molecule has 0 fully saturated rings. The number of nitrogens with two attached hydrogens (primary N) is 1. The van der Waals surface area contributed by atoms with E-state index in [1.807, 2.05) is 6.92 Å². The van der Waals surface area contributed by atoms with Crippen LogP contribution >= 0.6 is 0 Å². The fourth-order valence-corrected chi connectivity index (χ4v) is 1.58. The zero-order chi connectivity index (χ0) is 14.5. The van der Waals surface area contributed by atoms with Gasteiger partial charge in [0.1, 0.15) is 24.0 Å². The van der Waals surface area contributed by atoms with Crippen LogP contribution in [0.5, 0.6) is 5.75 Å². The van der Waals surface area contributed by atoms with E-state index in [4.69, 9.17) is 10.5 Å². The topological polar surface area (TPSA) is 86.0 Å². The van der Waals surface area contributed by atoms with E-state index in [-0.39, 0.29) is 17.8 Å². The van der Waals surface area contributed by atoms with Gasteiger partial charge in [0, 0.05) is 0 Å². The summed E-state index contributed by atoms with van der Waals surface area (Å²) >= 11 is 0. The molecule has 1 heterocycles. The van der Waals surface area contributed by atoms with E-state index in [0.29, 0.717) is 24.1 Å². The standard InChI is InChI=1S/C13H16FN5O/c1-8(7-20-11-5-3-10(14)4-6-11)16-13-18-9(2)17-12(15)19-13/h3-6,8H,7H2,1-2H3,(H3,15,16,17,18,19). The molecule has 3 N–H and O–H groups in total. The Bertz CT molecular complexity index is 555. The number of nitrogens with one attached hydrogen (secondary N) is 1. The Kier molecular flexibility index (Phi) is 4.29. The molecule has 0 spiro atoms. The smallest absolute Gasteiger partial charge is 0.228 e. The first-order valence-electron chi connectivity index (χ1n) is 6.16. The molecule has 1 unspecified atom stereocenters. The van der Waals surface area contributed by atoms with E-state index in [0.717, 1.165) is 0 Å². The van der Waals surface area contributed by atoms with Crippen LogP contribution in [0.1, 0.15) is 12.7 Å². The number of aryl methyl sites for hydroxylation is 1. The number of nitrogen functional groups attached to an aromatic ring is 1. The van der Waals surface area contributed by atoms with Crippen molar-refractivity contribution in [2.75, 3.05) is 17.7 Å². The molecule has 6 nitrogen and oxygen atoms in total. The number of nitrogens with zero attached hydrogens (tertiary/aromatic N) is 3. The third-order valence-corrected chi connectivity index (χ3v) is 2.45. The van der Waals surface area contributed by atoms with E-state index < -0.39 is 0 Å². The van der Waals surface area contributed by atoms with Gasteiger partial charge in [-0.2, -0.15) is 15.0 Å². The normalized spacial score (nSPS) is 11.9. The molecule has 2 rings (SSSR count). The number of hydrogen-bond donors (Lipinski definition) is 2. The van der Waals surface area contributed by atoms with Crippen LogP contribution in [-0.2, 0) is 0 Å². The van der Waals surface area contributed by atoms with Gasteiger partial charge in [-0.3, -0.25) is 0 Å². The molecule has 0 saturated heterocycles. The Morgan fingerprint density at radius 3 is 2.60 bits per heavy atom. The molecule has 106 valence electrons. The van der Waals surface area contributed by atoms with Crippen molar-refractivity contribution in [2.24, 2.45) is 0 Å². The van der Waals surface area contributed by atoms with Gasteiger partial charge in [0.25, 0.3) is 0 Å². The SMILES string of the molecule is Cc1nc(N)nc(NC(C)COc2ccc(F)cc2)n1. The van der Waals surface area contributed by atoms with Gasteiger partial charge in [0.05, 0.1) is 6.04 Å². The van der Waals surface area contributed by atoms with Crippen LogP contribution in [0.2, 0.25) is 0 Å². The Labute approximate surface area is 116 Å². The molecule has 1 atom stereocenters. The molecular weight excluding hydrogens is 261 g/mol. The summed E-state index contributed by atoms with van der Waals surface area (Å²) in [7, 11) is 0. The van der Waals surface area contributed by atoms with Crippen molar-refractivity contribution < 1.29 is 9.13 Å². The van der Waals surface area contributed by atoms with Crippen LogP contribution in [-0.4, -0.2) is 27.6 Å². The second-order valence-corrected chi connectivity index (χ2v) is 4.37. The Morgan fingerprint density at radius 2 is 1.95 bits per heavy atom. The van der Waals surface area contributed by atoms with Crippen molar-refractivity contribution >= 4 is 11.9 Å². The number of hydrogen-bond acceptors (Lipinski definition) is 6. The molecule has 7 heteroatoms. The zero-order valence-corrected chi connectivity index (χ0v) is 11.3. The highest BCUT2D eigenvalue weighted by atomic mass is 19.1. The summed E-state index contributed by atoms with van der Waals surface area (Å²) in [6.07, 6.45) is 0. The quantitative estimate of drug-likeness (QED) is 0.866. The Balaban J connectivity index is 1.88. The molecule has 0 bridgehead atoms. The fraction of sp³-hybridized carbons (Fsp3) is 0.308. The van der Waals surface area contributed by atoms with Gasteiger partial charge in [0.15, 0.2) is 0 Å². The Hall–Kier alpha value is -2.44. The number of halogens is 1. The third kappa shape index (κ3) is 4.04. The van der Waals surface area contributed by atoms with Crippen molar-refractivity contribution in [1.29, 1.82) is 0 Å². The molecule has 0 saturated carbocycles. The molecule has 0 radical (unpaired) electrons. The first-order valence-corrected chi connectivity index (χ1v) is 6.16. The van der Waals surface area contributed by atoms with Crippen LogP contribution in [0.4, 0.5) is 16.3 Å². The summed E-state index contributed by atoms with van der Waals surface area (Å²) in [5.41, 5.74) is 5.55. The third-order valence-electron chi connectivity index (χ3n) is 2.45. The minimum Gasteiger partial charge on any atom is -0.491 e. The van der Waals surface area contributed by atoms with Crippen LogP contribution < -0.4 is 15.8 Å². The van der Waals surface area contributed by atoms with Gasteiger partial charge in [-0.1, -0.05) is 0 Å². The number of anilines is 2. The number of aromatic nitrogens is 3. The van der Waals surface area contributed by atoms with Crippen molar-refractivity contribution in [2.45, 2.75) is 19.9 Å². The second kappa shape index (κ2) is 6.14. The lowest BCUT2D eigenvalue weighted by Crippen LogP contribution is -2.25. The number of rotatable bonds is 5. The van der Waals surface area contributed by atoms with Gasteiger partial charge in [-0.05, 0) is 38.1 Å². The predicted octanol–water partition coefficient (Wildman–Crippen LogP) is 1.78. The number of ether oxygens (including phenoxy) is 1. The van der Waals surface area contributed by atoms with E-state index in [2.05, 4.69) is 20.3 Å². The van der Waals surface area contributed by atoms with Crippen LogP contribution in [0, 0.1) is 12.7 Å². The first-order chi connectivity index (χ1) is 9.52. The van der Waals surface area contributed by atoms with E-state index in [1.165, 1.54) is 12.1 Å². The fourth-order valence-electron chi connectivity index (χ4n) is 1.58. The Morgan fingerprint density at radius 1 is 1.25 bits per heavy atom. The van der Waals surface area contributed by atoms with Crippen molar-refractivity contribution in [3.63, 3.8) is 0 Å². The van der Waals surface area contributed by atoms with Crippen molar-refractivity contribution in [3.05, 3.63) is 35.9 Å². The predicted molar refractivity (Wildman–Crippen MR) is 74.0 cm³/mol. The lowest BCUT2D eigenvalue weighted by molar-refractivity contribution is 0.303. The number of benzene rings is 1. The molecule has 0 aliphatic rings. The molecular formula is C13H16FN5O. The second-order valence-electron chi connectivity index (χ2n) is 4.37. The van der Waals surface area contributed by atoms with Gasteiger partial charge >= 0.3 is 0 Å². The molecule has 0 amide bonds. The summed E-state index contributed by atoms with van der Waals surface area (Å²) in [6.45, 7) is 4.04. The van der Waals surface area contributed by atoms with E-state index in [9.17, 15) is 4.39 Å². The lowest BCUT2D eigenvalue weighted by Gasteiger charge is -2.15. The highest BCUT2D eigenvalue weighted by molar-refractivity contribution is 5.31. The highest BCUT2D eigenvalue weighted by Crippen LogP contribution is 2.12. The van der Waals surface area contributed by atoms with Crippen molar-refractivity contribution in [3.8, 4) is 5.75 Å². The molecule has 1 aromatic heterocycles. The van der Waals surface area contributed by atoms with Crippen LogP contribution in [0.3, 0.4) is 0 Å². The summed E-state index contributed by atoms with van der Waals surface area (Å²) in [6, 6.07) is 5.81. The van der Waals surface area contributed by atoms with E-state index >= 15 is 0 Å². The maximum Gasteiger partial charge on any atom is 0.228 e. The molecule has 20 heavy (non-hydrogen) atoms. The average Bonchev–Trinajstić information content (AvgIpc) is 2.37. The van der Waals surface area contributed by atoms with Gasteiger partial charge in [0.2, 0.25) is 11.9 Å². The van der Waals surface area contributed by atoms with E-state index in [1.54, 1.807) is 19.1 Å². The highest BCUT2D eigenvalue weighted by Gasteiger charge is 2.07. The monoisotopic (exact) mass is 277 g/mol. The molecule has 0 aliphatic heterocycles. The molecule has 1 aromatic carbocycles. The molecule has 2 aromatic rings. The maximum absolute atomic E-state index is 12.7. The van der Waals surface area contributed by atoms with Gasteiger partial charge in [-0.25, -0.2) is 4.39 Å². The van der Waals surface area contributed by atoms with Gasteiger partial charge in [-0.15, -0.1) is 0 Å². The molecule has 0 aliphatic carbocycles. The van der Waals surface area contributed by atoms with Crippen LogP contribution in [0.25, 0.3) is 0 Å². The summed E-state index contributed by atoms with van der Waals surface area (Å²) in [5.74, 6) is 1.44. The minimum absolute atomic E-state index is 0.0405. The zero-order valence-electron chi connectivity index (χ0n) is 11.3.